The molecule has 1 heterocycles. The summed E-state index contributed by atoms with van der Waals surface area (Å²) in [6, 6.07) is 6.17. The molecule has 0 aliphatic carbocycles. The number of aromatic nitrogens is 2. The van der Waals surface area contributed by atoms with Crippen LogP contribution in [0.5, 0.6) is 0 Å². The maximum atomic E-state index is 12.0. The van der Waals surface area contributed by atoms with Crippen molar-refractivity contribution in [2.45, 2.75) is 12.6 Å². The van der Waals surface area contributed by atoms with Gasteiger partial charge in [-0.05, 0) is 17.7 Å². The highest BCUT2D eigenvalue weighted by Gasteiger charge is 2.27. The van der Waals surface area contributed by atoms with Gasteiger partial charge in [-0.2, -0.15) is 13.2 Å². The second-order valence-electron chi connectivity index (χ2n) is 4.81. The van der Waals surface area contributed by atoms with E-state index in [9.17, 15) is 22.8 Å². The van der Waals surface area contributed by atoms with Crippen LogP contribution in [0.2, 0.25) is 0 Å². The van der Waals surface area contributed by atoms with E-state index in [-0.39, 0.29) is 12.1 Å². The zero-order valence-corrected chi connectivity index (χ0v) is 12.3. The van der Waals surface area contributed by atoms with Crippen molar-refractivity contribution in [1.82, 2.24) is 15.3 Å². The number of hydrogen-bond acceptors (Lipinski definition) is 4. The van der Waals surface area contributed by atoms with Gasteiger partial charge in [-0.25, -0.2) is 4.98 Å². The van der Waals surface area contributed by atoms with E-state index in [0.29, 0.717) is 11.3 Å². The molecular formula is C15H13F3N4O2. The lowest BCUT2D eigenvalue weighted by Crippen LogP contribution is -2.34. The first-order valence-corrected chi connectivity index (χ1v) is 6.83. The number of halogens is 3. The van der Waals surface area contributed by atoms with Gasteiger partial charge in [-0.3, -0.25) is 14.6 Å². The van der Waals surface area contributed by atoms with Crippen LogP contribution < -0.4 is 10.6 Å². The highest BCUT2D eigenvalue weighted by Crippen LogP contribution is 2.13. The second kappa shape index (κ2) is 7.53. The van der Waals surface area contributed by atoms with Gasteiger partial charge in [0.25, 0.3) is 5.91 Å². The number of nitrogens with one attached hydrogen (secondary N) is 2. The van der Waals surface area contributed by atoms with Crippen molar-refractivity contribution >= 4 is 17.5 Å². The molecule has 126 valence electrons. The molecule has 2 N–H and O–H groups in total. The average molecular weight is 338 g/mol. The molecule has 0 saturated carbocycles. The van der Waals surface area contributed by atoms with Crippen LogP contribution in [0, 0.1) is 0 Å². The van der Waals surface area contributed by atoms with Gasteiger partial charge < -0.3 is 10.6 Å². The minimum absolute atomic E-state index is 0.146. The summed E-state index contributed by atoms with van der Waals surface area (Å²) in [6.07, 6.45) is -0.486. The van der Waals surface area contributed by atoms with Crippen molar-refractivity contribution in [1.29, 1.82) is 0 Å². The molecule has 1 aromatic heterocycles. The highest BCUT2D eigenvalue weighted by atomic mass is 19.4. The molecule has 9 heteroatoms. The largest absolute Gasteiger partial charge is 0.405 e. The second-order valence-corrected chi connectivity index (χ2v) is 4.81. The predicted molar refractivity (Wildman–Crippen MR) is 79.2 cm³/mol. The summed E-state index contributed by atoms with van der Waals surface area (Å²) in [5, 5.41) is 4.38. The quantitative estimate of drug-likeness (QED) is 0.873. The van der Waals surface area contributed by atoms with Crippen molar-refractivity contribution in [3.05, 3.63) is 54.1 Å². The molecule has 24 heavy (non-hydrogen) atoms. The van der Waals surface area contributed by atoms with E-state index in [0.717, 1.165) is 0 Å². The van der Waals surface area contributed by atoms with E-state index in [1.807, 2.05) is 0 Å². The number of anilines is 1. The molecule has 2 aromatic rings. The van der Waals surface area contributed by atoms with E-state index in [1.54, 1.807) is 29.6 Å². The molecule has 0 saturated heterocycles. The summed E-state index contributed by atoms with van der Waals surface area (Å²) >= 11 is 0. The van der Waals surface area contributed by atoms with Gasteiger partial charge in [0.1, 0.15) is 12.2 Å². The van der Waals surface area contributed by atoms with Gasteiger partial charge in [0.05, 0.1) is 12.6 Å². The third-order valence-corrected chi connectivity index (χ3v) is 2.86. The molecule has 2 amide bonds. The summed E-state index contributed by atoms with van der Waals surface area (Å²) in [7, 11) is 0. The molecule has 2 rings (SSSR count). The SMILES string of the molecule is O=C(Cc1ccc(NC(=O)c2cnccn2)cc1)NCC(F)(F)F. The molecular weight excluding hydrogens is 325 g/mol. The van der Waals surface area contributed by atoms with Crippen molar-refractivity contribution in [3.63, 3.8) is 0 Å². The lowest BCUT2D eigenvalue weighted by molar-refractivity contribution is -0.138. The Morgan fingerprint density at radius 2 is 1.79 bits per heavy atom. The summed E-state index contributed by atoms with van der Waals surface area (Å²) in [5.74, 6) is -1.18. The van der Waals surface area contributed by atoms with Gasteiger partial charge in [-0.1, -0.05) is 12.1 Å². The Kier molecular flexibility index (Phi) is 5.46. The Labute approximate surface area is 135 Å². The van der Waals surface area contributed by atoms with Crippen LogP contribution in [0.4, 0.5) is 18.9 Å². The number of carbonyl (C=O) groups excluding carboxylic acids is 2. The maximum absolute atomic E-state index is 12.0. The number of hydrogen-bond donors (Lipinski definition) is 2. The molecule has 1 aromatic carbocycles. The summed E-state index contributed by atoms with van der Waals surface area (Å²) < 4.78 is 36.0. The Morgan fingerprint density at radius 3 is 2.38 bits per heavy atom. The predicted octanol–water partition coefficient (Wildman–Crippen LogP) is 1.95. The third-order valence-electron chi connectivity index (χ3n) is 2.86. The first kappa shape index (κ1) is 17.4. The van der Waals surface area contributed by atoms with E-state index in [1.165, 1.54) is 18.6 Å². The van der Waals surface area contributed by atoms with Crippen LogP contribution in [0.3, 0.4) is 0 Å². The molecule has 0 bridgehead atoms. The van der Waals surface area contributed by atoms with Crippen LogP contribution >= 0.6 is 0 Å². The maximum Gasteiger partial charge on any atom is 0.405 e. The lowest BCUT2D eigenvalue weighted by Gasteiger charge is -2.09. The zero-order valence-electron chi connectivity index (χ0n) is 12.3. The van der Waals surface area contributed by atoms with E-state index in [2.05, 4.69) is 15.3 Å². The van der Waals surface area contributed by atoms with Crippen LogP contribution in [-0.4, -0.2) is 34.5 Å². The van der Waals surface area contributed by atoms with Crippen molar-refractivity contribution < 1.29 is 22.8 Å². The van der Waals surface area contributed by atoms with Crippen LogP contribution in [-0.2, 0) is 11.2 Å². The normalized spacial score (nSPS) is 11.0. The fourth-order valence-electron chi connectivity index (χ4n) is 1.76. The number of amides is 2. The van der Waals surface area contributed by atoms with Gasteiger partial charge in [0.2, 0.25) is 5.91 Å². The third kappa shape index (κ3) is 5.67. The van der Waals surface area contributed by atoms with E-state index >= 15 is 0 Å². The van der Waals surface area contributed by atoms with Crippen molar-refractivity contribution in [2.24, 2.45) is 0 Å². The Bertz CT molecular complexity index is 703. The minimum Gasteiger partial charge on any atom is -0.347 e. The van der Waals surface area contributed by atoms with Crippen LogP contribution in [0.1, 0.15) is 16.1 Å². The number of benzene rings is 1. The number of rotatable bonds is 5. The molecule has 0 spiro atoms. The summed E-state index contributed by atoms with van der Waals surface area (Å²) in [4.78, 5) is 30.9. The van der Waals surface area contributed by atoms with Gasteiger partial charge in [0.15, 0.2) is 0 Å². The van der Waals surface area contributed by atoms with Gasteiger partial charge >= 0.3 is 6.18 Å². The average Bonchev–Trinajstić information content (AvgIpc) is 2.55. The van der Waals surface area contributed by atoms with Crippen molar-refractivity contribution in [2.75, 3.05) is 11.9 Å². The molecule has 0 radical (unpaired) electrons. The standard InChI is InChI=1S/C15H13F3N4O2/c16-15(17,18)9-21-13(23)7-10-1-3-11(4-2-10)22-14(24)12-8-19-5-6-20-12/h1-6,8H,7,9H2,(H,21,23)(H,22,24). The van der Waals surface area contributed by atoms with Gasteiger partial charge in [0, 0.05) is 18.1 Å². The summed E-state index contributed by atoms with van der Waals surface area (Å²) in [6.45, 7) is -1.36. The Hall–Kier alpha value is -2.97. The van der Waals surface area contributed by atoms with Gasteiger partial charge in [-0.15, -0.1) is 0 Å². The van der Waals surface area contributed by atoms with E-state index < -0.39 is 24.5 Å². The van der Waals surface area contributed by atoms with E-state index in [4.69, 9.17) is 0 Å². The first-order chi connectivity index (χ1) is 11.3. The highest BCUT2D eigenvalue weighted by molar-refractivity contribution is 6.02. The number of nitrogens with zero attached hydrogens (tertiary/aromatic N) is 2. The molecule has 6 nitrogen and oxygen atoms in total. The van der Waals surface area contributed by atoms with Crippen molar-refractivity contribution in [3.8, 4) is 0 Å². The minimum atomic E-state index is -4.44. The van der Waals surface area contributed by atoms with Crippen LogP contribution in [0.25, 0.3) is 0 Å². The topological polar surface area (TPSA) is 84.0 Å². The first-order valence-electron chi connectivity index (χ1n) is 6.83. The fraction of sp³-hybridized carbons (Fsp3) is 0.200. The number of carbonyl (C=O) groups is 2. The Morgan fingerprint density at radius 1 is 1.08 bits per heavy atom. The molecule has 0 aliphatic rings. The monoisotopic (exact) mass is 338 g/mol. The fourth-order valence-corrected chi connectivity index (χ4v) is 1.76. The molecule has 0 aliphatic heterocycles. The molecule has 0 atom stereocenters. The van der Waals surface area contributed by atoms with Crippen LogP contribution in [0.15, 0.2) is 42.9 Å². The smallest absolute Gasteiger partial charge is 0.347 e. The molecule has 0 unspecified atom stereocenters. The molecule has 0 fully saturated rings. The lowest BCUT2D eigenvalue weighted by atomic mass is 10.1. The Balaban J connectivity index is 1.89. The number of alkyl halides is 3. The summed E-state index contributed by atoms with van der Waals surface area (Å²) in [5.41, 5.74) is 1.13. The zero-order chi connectivity index (χ0) is 17.6.